The molecule has 3 N–H and O–H groups in total. The topological polar surface area (TPSA) is 85.3 Å². The van der Waals surface area contributed by atoms with Crippen molar-refractivity contribution in [2.45, 2.75) is 0 Å². The first kappa shape index (κ1) is 16.1. The van der Waals surface area contributed by atoms with Gasteiger partial charge in [-0.25, -0.2) is 4.52 Å². The first-order valence-corrected chi connectivity index (χ1v) is 8.25. The molecule has 4 rings (SSSR count). The zero-order valence-corrected chi connectivity index (χ0v) is 14.3. The van der Waals surface area contributed by atoms with Gasteiger partial charge in [-0.2, -0.15) is 0 Å². The maximum atomic E-state index is 12.9. The van der Waals surface area contributed by atoms with E-state index in [0.717, 1.165) is 11.1 Å². The Bertz CT molecular complexity index is 1120. The molecule has 3 aromatic heterocycles. The Balaban J connectivity index is 1.74. The Morgan fingerprint density at radius 1 is 1.15 bits per heavy atom. The molecule has 128 valence electrons. The van der Waals surface area contributed by atoms with Gasteiger partial charge in [0.05, 0.1) is 11.2 Å². The number of halogens is 1. The summed E-state index contributed by atoms with van der Waals surface area (Å²) in [6.07, 6.45) is 5.04. The third kappa shape index (κ3) is 2.87. The Kier molecular flexibility index (Phi) is 4.02. The maximum absolute atomic E-state index is 12.9. The van der Waals surface area contributed by atoms with E-state index >= 15 is 0 Å². The summed E-state index contributed by atoms with van der Waals surface area (Å²) in [5, 5.41) is 7.69. The van der Waals surface area contributed by atoms with Crippen LogP contribution in [-0.4, -0.2) is 20.5 Å². The van der Waals surface area contributed by atoms with Crippen LogP contribution in [0.15, 0.2) is 67.1 Å². The minimum absolute atomic E-state index is 0.173. The number of hydrogen-bond donors (Lipinski definition) is 2. The number of carbonyl (C=O) groups excluding carboxylic acids is 1. The third-order valence-corrected chi connectivity index (χ3v) is 4.23. The van der Waals surface area contributed by atoms with Gasteiger partial charge in [0.1, 0.15) is 5.56 Å². The predicted molar refractivity (Wildman–Crippen MR) is 102 cm³/mol. The van der Waals surface area contributed by atoms with Crippen LogP contribution in [0, 0.1) is 0 Å². The van der Waals surface area contributed by atoms with Crippen LogP contribution < -0.4 is 11.1 Å². The van der Waals surface area contributed by atoms with Crippen LogP contribution in [0.5, 0.6) is 0 Å². The minimum atomic E-state index is -0.335. The molecular formula is C19H14ClN5O. The molecule has 1 aromatic carbocycles. The van der Waals surface area contributed by atoms with Crippen LogP contribution in [0.25, 0.3) is 16.6 Å². The summed E-state index contributed by atoms with van der Waals surface area (Å²) in [6.45, 7) is 0. The van der Waals surface area contributed by atoms with E-state index in [2.05, 4.69) is 15.4 Å². The highest BCUT2D eigenvalue weighted by Gasteiger charge is 2.19. The second-order valence-corrected chi connectivity index (χ2v) is 6.11. The van der Waals surface area contributed by atoms with Gasteiger partial charge < -0.3 is 11.1 Å². The minimum Gasteiger partial charge on any atom is -0.382 e. The normalized spacial score (nSPS) is 10.8. The molecule has 26 heavy (non-hydrogen) atoms. The van der Waals surface area contributed by atoms with Crippen LogP contribution in [-0.2, 0) is 0 Å². The van der Waals surface area contributed by atoms with E-state index in [4.69, 9.17) is 17.3 Å². The molecule has 0 radical (unpaired) electrons. The number of anilines is 2. The first-order chi connectivity index (χ1) is 12.6. The van der Waals surface area contributed by atoms with Gasteiger partial charge in [-0.15, -0.1) is 5.10 Å². The molecule has 0 unspecified atom stereocenters. The van der Waals surface area contributed by atoms with Crippen molar-refractivity contribution in [1.29, 1.82) is 0 Å². The second-order valence-electron chi connectivity index (χ2n) is 5.68. The molecule has 0 fully saturated rings. The molecule has 0 aliphatic rings. The van der Waals surface area contributed by atoms with Crippen molar-refractivity contribution in [2.24, 2.45) is 0 Å². The molecule has 0 saturated carbocycles. The van der Waals surface area contributed by atoms with Crippen molar-refractivity contribution >= 4 is 34.5 Å². The number of amides is 1. The number of carbonyl (C=O) groups is 1. The van der Waals surface area contributed by atoms with Gasteiger partial charge in [-0.3, -0.25) is 9.78 Å². The summed E-state index contributed by atoms with van der Waals surface area (Å²) >= 11 is 6.08. The molecule has 6 nitrogen and oxygen atoms in total. The monoisotopic (exact) mass is 363 g/mol. The number of nitrogens with one attached hydrogen (secondary N) is 1. The van der Waals surface area contributed by atoms with E-state index in [9.17, 15) is 4.79 Å². The lowest BCUT2D eigenvalue weighted by Gasteiger charge is -2.11. The number of aromatic nitrogens is 3. The van der Waals surface area contributed by atoms with Crippen molar-refractivity contribution < 1.29 is 4.79 Å². The van der Waals surface area contributed by atoms with Gasteiger partial charge in [-0.1, -0.05) is 29.8 Å². The van der Waals surface area contributed by atoms with Gasteiger partial charge in [-0.05, 0) is 35.9 Å². The number of benzene rings is 1. The van der Waals surface area contributed by atoms with Crippen LogP contribution in [0.1, 0.15) is 10.4 Å². The molecule has 0 bridgehead atoms. The quantitative estimate of drug-likeness (QED) is 0.578. The van der Waals surface area contributed by atoms with Gasteiger partial charge in [0.2, 0.25) is 0 Å². The maximum Gasteiger partial charge on any atom is 0.261 e. The van der Waals surface area contributed by atoms with E-state index in [1.165, 1.54) is 0 Å². The summed E-state index contributed by atoms with van der Waals surface area (Å²) in [7, 11) is 0. The molecule has 1 amide bonds. The predicted octanol–water partition coefficient (Wildman–Crippen LogP) is 3.88. The Morgan fingerprint density at radius 2 is 2.04 bits per heavy atom. The molecule has 7 heteroatoms. The van der Waals surface area contributed by atoms with Crippen LogP contribution in [0.4, 0.5) is 11.5 Å². The van der Waals surface area contributed by atoms with E-state index < -0.39 is 0 Å². The molecule has 3 heterocycles. The summed E-state index contributed by atoms with van der Waals surface area (Å²) in [6, 6.07) is 14.5. The van der Waals surface area contributed by atoms with Crippen molar-refractivity contribution in [3.63, 3.8) is 0 Å². The lowest BCUT2D eigenvalue weighted by Crippen LogP contribution is -2.14. The highest BCUT2D eigenvalue weighted by Crippen LogP contribution is 2.30. The summed E-state index contributed by atoms with van der Waals surface area (Å²) in [4.78, 5) is 17.0. The van der Waals surface area contributed by atoms with E-state index in [0.29, 0.717) is 21.8 Å². The third-order valence-electron chi connectivity index (χ3n) is 4.00. The smallest absolute Gasteiger partial charge is 0.261 e. The molecule has 0 aliphatic heterocycles. The highest BCUT2D eigenvalue weighted by atomic mass is 35.5. The molecule has 0 atom stereocenters. The summed E-state index contributed by atoms with van der Waals surface area (Å²) < 4.78 is 1.58. The van der Waals surface area contributed by atoms with E-state index in [1.54, 1.807) is 41.3 Å². The van der Waals surface area contributed by atoms with E-state index in [-0.39, 0.29) is 11.7 Å². The average Bonchev–Trinajstić information content (AvgIpc) is 2.98. The van der Waals surface area contributed by atoms with Gasteiger partial charge in [0, 0.05) is 29.2 Å². The summed E-state index contributed by atoms with van der Waals surface area (Å²) in [5.74, 6) is -0.162. The van der Waals surface area contributed by atoms with Crippen LogP contribution >= 0.6 is 11.6 Å². The highest BCUT2D eigenvalue weighted by molar-refractivity contribution is 6.30. The van der Waals surface area contributed by atoms with Crippen molar-refractivity contribution in [3.8, 4) is 11.1 Å². The largest absolute Gasteiger partial charge is 0.382 e. The SMILES string of the molecule is Nc1nn2ccccc2c1C(=O)Nc1ccncc1-c1cccc(Cl)c1. The van der Waals surface area contributed by atoms with E-state index in [1.807, 2.05) is 30.3 Å². The van der Waals surface area contributed by atoms with Gasteiger partial charge in [0.25, 0.3) is 5.91 Å². The number of fused-ring (bicyclic) bond motifs is 1. The number of nitrogens with zero attached hydrogens (tertiary/aromatic N) is 3. The Morgan fingerprint density at radius 3 is 2.88 bits per heavy atom. The molecule has 4 aromatic rings. The van der Waals surface area contributed by atoms with Crippen LogP contribution in [0.3, 0.4) is 0 Å². The fraction of sp³-hybridized carbons (Fsp3) is 0. The fourth-order valence-electron chi connectivity index (χ4n) is 2.82. The number of hydrogen-bond acceptors (Lipinski definition) is 4. The molecule has 0 saturated heterocycles. The molecular weight excluding hydrogens is 350 g/mol. The molecule has 0 aliphatic carbocycles. The first-order valence-electron chi connectivity index (χ1n) is 7.87. The number of nitrogen functional groups attached to an aromatic ring is 1. The lowest BCUT2D eigenvalue weighted by molar-refractivity contribution is 0.102. The lowest BCUT2D eigenvalue weighted by atomic mass is 10.1. The fourth-order valence-corrected chi connectivity index (χ4v) is 3.01. The van der Waals surface area contributed by atoms with Crippen LogP contribution in [0.2, 0.25) is 5.02 Å². The number of nitrogens with two attached hydrogens (primary N) is 1. The standard InChI is InChI=1S/C19H14ClN5O/c20-13-5-3-4-12(10-13)14-11-22-8-7-15(14)23-19(26)17-16-6-1-2-9-25(16)24-18(17)21/h1-11H,(H2,21,24)(H,22,23,26). The van der Waals surface area contributed by atoms with Crippen molar-refractivity contribution in [1.82, 2.24) is 14.6 Å². The Hall–Kier alpha value is -3.38. The Labute approximate surface area is 154 Å². The number of pyridine rings is 2. The van der Waals surface area contributed by atoms with Crippen molar-refractivity contribution in [2.75, 3.05) is 11.1 Å². The zero-order chi connectivity index (χ0) is 18.1. The number of rotatable bonds is 3. The zero-order valence-electron chi connectivity index (χ0n) is 13.6. The second kappa shape index (κ2) is 6.50. The van der Waals surface area contributed by atoms with Gasteiger partial charge >= 0.3 is 0 Å². The van der Waals surface area contributed by atoms with Gasteiger partial charge in [0.15, 0.2) is 5.82 Å². The van der Waals surface area contributed by atoms with Crippen molar-refractivity contribution in [3.05, 3.63) is 77.7 Å². The molecule has 0 spiro atoms. The average molecular weight is 364 g/mol. The summed E-state index contributed by atoms with van der Waals surface area (Å²) in [5.41, 5.74) is 9.16.